The molecule has 0 spiro atoms. The number of hydrogen-bond acceptors (Lipinski definition) is 3. The first-order chi connectivity index (χ1) is 10.1. The Morgan fingerprint density at radius 3 is 2.90 bits per heavy atom. The molecule has 0 saturated carbocycles. The monoisotopic (exact) mass is 290 g/mol. The van der Waals surface area contributed by atoms with Crippen molar-refractivity contribution in [2.45, 2.75) is 26.3 Å². The Kier molecular flexibility index (Phi) is 5.33. The van der Waals surface area contributed by atoms with Crippen LogP contribution in [0.2, 0.25) is 0 Å². The molecule has 2 amide bonds. The number of nitrogens with zero attached hydrogens (tertiary/aromatic N) is 1. The van der Waals surface area contributed by atoms with Crippen molar-refractivity contribution in [3.05, 3.63) is 35.4 Å². The average Bonchev–Trinajstić information content (AvgIpc) is 2.48. The largest absolute Gasteiger partial charge is 0.381 e. The molecule has 1 saturated heterocycles. The van der Waals surface area contributed by atoms with E-state index in [1.807, 2.05) is 38.1 Å². The van der Waals surface area contributed by atoms with Gasteiger partial charge < -0.3 is 15.0 Å². The van der Waals surface area contributed by atoms with Crippen molar-refractivity contribution in [3.8, 4) is 0 Å². The molecule has 114 valence electrons. The summed E-state index contributed by atoms with van der Waals surface area (Å²) in [6.45, 7) is 5.88. The predicted molar refractivity (Wildman–Crippen MR) is 79.8 cm³/mol. The average molecular weight is 290 g/mol. The van der Waals surface area contributed by atoms with E-state index in [1.165, 1.54) is 0 Å². The maximum absolute atomic E-state index is 12.4. The highest BCUT2D eigenvalue weighted by Gasteiger charge is 2.34. The van der Waals surface area contributed by atoms with E-state index in [0.717, 1.165) is 11.1 Å². The lowest BCUT2D eigenvalue weighted by Gasteiger charge is -2.36. The van der Waals surface area contributed by atoms with Crippen molar-refractivity contribution < 1.29 is 14.3 Å². The first kappa shape index (κ1) is 15.5. The number of aryl methyl sites for hydroxylation is 1. The van der Waals surface area contributed by atoms with E-state index in [2.05, 4.69) is 5.32 Å². The molecule has 1 unspecified atom stereocenters. The zero-order valence-electron chi connectivity index (χ0n) is 12.6. The van der Waals surface area contributed by atoms with E-state index in [-0.39, 0.29) is 11.8 Å². The molecule has 1 aromatic carbocycles. The van der Waals surface area contributed by atoms with Crippen molar-refractivity contribution in [2.75, 3.05) is 26.3 Å². The van der Waals surface area contributed by atoms with Crippen molar-refractivity contribution >= 4 is 11.8 Å². The van der Waals surface area contributed by atoms with Gasteiger partial charge in [-0.05, 0) is 25.0 Å². The quantitative estimate of drug-likeness (QED) is 0.834. The van der Waals surface area contributed by atoms with Gasteiger partial charge in [-0.25, -0.2) is 0 Å². The summed E-state index contributed by atoms with van der Waals surface area (Å²) in [6.07, 6.45) is 0.309. The van der Waals surface area contributed by atoms with Gasteiger partial charge in [0, 0.05) is 19.7 Å². The molecule has 0 aromatic heterocycles. The third-order valence-corrected chi connectivity index (χ3v) is 3.68. The van der Waals surface area contributed by atoms with Gasteiger partial charge in [0.25, 0.3) is 0 Å². The lowest BCUT2D eigenvalue weighted by Crippen LogP contribution is -2.52. The smallest absolute Gasteiger partial charge is 0.247 e. The van der Waals surface area contributed by atoms with Gasteiger partial charge in [-0.3, -0.25) is 9.59 Å². The maximum Gasteiger partial charge on any atom is 0.247 e. The Balaban J connectivity index is 2.19. The Bertz CT molecular complexity index is 516. The number of hydrogen-bond donors (Lipinski definition) is 1. The standard InChI is InChI=1S/C16H22N2O3/c1-3-21-11-8-14(19)18-10-9-17-16(20)15(18)13-7-5-4-6-12(13)2/h4-7,15H,3,8-11H2,1-2H3,(H,17,20). The molecule has 1 aliphatic heterocycles. The van der Waals surface area contributed by atoms with Crippen LogP contribution in [0.25, 0.3) is 0 Å². The Hall–Kier alpha value is -1.88. The van der Waals surface area contributed by atoms with E-state index >= 15 is 0 Å². The van der Waals surface area contributed by atoms with E-state index in [0.29, 0.717) is 32.7 Å². The molecule has 5 nitrogen and oxygen atoms in total. The topological polar surface area (TPSA) is 58.6 Å². The number of nitrogens with one attached hydrogen (secondary N) is 1. The predicted octanol–water partition coefficient (Wildman–Crippen LogP) is 1.42. The second-order valence-electron chi connectivity index (χ2n) is 5.08. The fourth-order valence-corrected chi connectivity index (χ4v) is 2.59. The van der Waals surface area contributed by atoms with Gasteiger partial charge in [-0.2, -0.15) is 0 Å². The molecular weight excluding hydrogens is 268 g/mol. The van der Waals surface area contributed by atoms with Gasteiger partial charge >= 0.3 is 0 Å². The Morgan fingerprint density at radius 2 is 2.19 bits per heavy atom. The number of rotatable bonds is 5. The third-order valence-electron chi connectivity index (χ3n) is 3.68. The zero-order valence-corrected chi connectivity index (χ0v) is 12.6. The van der Waals surface area contributed by atoms with Crippen LogP contribution in [0, 0.1) is 6.92 Å². The van der Waals surface area contributed by atoms with Gasteiger partial charge in [-0.15, -0.1) is 0 Å². The van der Waals surface area contributed by atoms with Crippen LogP contribution in [0.5, 0.6) is 0 Å². The zero-order chi connectivity index (χ0) is 15.2. The van der Waals surface area contributed by atoms with Gasteiger partial charge in [0.1, 0.15) is 6.04 Å². The van der Waals surface area contributed by atoms with Crippen LogP contribution >= 0.6 is 0 Å². The van der Waals surface area contributed by atoms with Gasteiger partial charge in [0.2, 0.25) is 11.8 Å². The van der Waals surface area contributed by atoms with Gasteiger partial charge in [0.05, 0.1) is 13.0 Å². The molecule has 2 rings (SSSR count). The molecule has 1 atom stereocenters. The van der Waals surface area contributed by atoms with E-state index in [1.54, 1.807) is 4.90 Å². The first-order valence-corrected chi connectivity index (χ1v) is 7.35. The highest BCUT2D eigenvalue weighted by molar-refractivity contribution is 5.90. The van der Waals surface area contributed by atoms with Crippen molar-refractivity contribution in [3.63, 3.8) is 0 Å². The normalized spacial score (nSPS) is 18.5. The van der Waals surface area contributed by atoms with E-state index < -0.39 is 6.04 Å². The van der Waals surface area contributed by atoms with Crippen LogP contribution in [0.1, 0.15) is 30.5 Å². The number of carbonyl (C=O) groups is 2. The van der Waals surface area contributed by atoms with Crippen LogP contribution in [0.3, 0.4) is 0 Å². The van der Waals surface area contributed by atoms with Crippen molar-refractivity contribution in [1.29, 1.82) is 0 Å². The minimum absolute atomic E-state index is 0.0356. The molecule has 21 heavy (non-hydrogen) atoms. The third kappa shape index (κ3) is 3.61. The van der Waals surface area contributed by atoms with Crippen molar-refractivity contribution in [2.24, 2.45) is 0 Å². The van der Waals surface area contributed by atoms with Crippen LogP contribution < -0.4 is 5.32 Å². The Morgan fingerprint density at radius 1 is 1.43 bits per heavy atom. The van der Waals surface area contributed by atoms with E-state index in [9.17, 15) is 9.59 Å². The molecule has 1 aliphatic rings. The first-order valence-electron chi connectivity index (χ1n) is 7.35. The highest BCUT2D eigenvalue weighted by atomic mass is 16.5. The summed E-state index contributed by atoms with van der Waals surface area (Å²) in [7, 11) is 0. The second kappa shape index (κ2) is 7.22. The molecule has 0 bridgehead atoms. The SMILES string of the molecule is CCOCCC(=O)N1CCNC(=O)C1c1ccccc1C. The van der Waals surface area contributed by atoms with Crippen LogP contribution in [0.15, 0.2) is 24.3 Å². The van der Waals surface area contributed by atoms with Crippen LogP contribution in [-0.4, -0.2) is 43.0 Å². The summed E-state index contributed by atoms with van der Waals surface area (Å²) in [5.74, 6) is -0.146. The summed E-state index contributed by atoms with van der Waals surface area (Å²) in [4.78, 5) is 26.3. The highest BCUT2D eigenvalue weighted by Crippen LogP contribution is 2.26. The summed E-state index contributed by atoms with van der Waals surface area (Å²) in [5, 5.41) is 2.85. The lowest BCUT2D eigenvalue weighted by atomic mass is 9.97. The summed E-state index contributed by atoms with van der Waals surface area (Å²) in [5.41, 5.74) is 1.90. The fraction of sp³-hybridized carbons (Fsp3) is 0.500. The summed E-state index contributed by atoms with van der Waals surface area (Å²) < 4.78 is 5.24. The second-order valence-corrected chi connectivity index (χ2v) is 5.08. The minimum atomic E-state index is -0.533. The van der Waals surface area contributed by atoms with Crippen molar-refractivity contribution in [1.82, 2.24) is 10.2 Å². The Labute approximate surface area is 125 Å². The molecule has 1 aromatic rings. The van der Waals surface area contributed by atoms with Crippen LogP contribution in [-0.2, 0) is 14.3 Å². The van der Waals surface area contributed by atoms with E-state index in [4.69, 9.17) is 4.74 Å². The number of carbonyl (C=O) groups excluding carboxylic acids is 2. The number of benzene rings is 1. The fourth-order valence-electron chi connectivity index (χ4n) is 2.59. The summed E-state index contributed by atoms with van der Waals surface area (Å²) in [6, 6.07) is 7.16. The molecule has 1 heterocycles. The molecule has 0 aliphatic carbocycles. The van der Waals surface area contributed by atoms with Crippen LogP contribution in [0.4, 0.5) is 0 Å². The summed E-state index contributed by atoms with van der Waals surface area (Å²) >= 11 is 0. The van der Waals surface area contributed by atoms with Gasteiger partial charge in [-0.1, -0.05) is 24.3 Å². The number of amides is 2. The molecule has 0 radical (unpaired) electrons. The molecular formula is C16H22N2O3. The minimum Gasteiger partial charge on any atom is -0.381 e. The maximum atomic E-state index is 12.4. The molecule has 1 N–H and O–H groups in total. The molecule has 5 heteroatoms. The molecule has 1 fully saturated rings. The number of piperazine rings is 1. The lowest BCUT2D eigenvalue weighted by molar-refractivity contribution is -0.144. The number of ether oxygens (including phenoxy) is 1. The van der Waals surface area contributed by atoms with Gasteiger partial charge in [0.15, 0.2) is 0 Å².